The standard InChI is InChI=1S/C15H16N2O5S/c1-3-23(19,20)14-7-5-11(9-17-14)22-10-4-6-13(16)12(8-10)15(18)21-2/h4-9H,3,16H2,1-2H3. The predicted molar refractivity (Wildman–Crippen MR) is 84.2 cm³/mol. The number of sulfone groups is 1. The smallest absolute Gasteiger partial charge is 0.340 e. The molecule has 1 aromatic carbocycles. The first-order valence-electron chi connectivity index (χ1n) is 6.72. The highest BCUT2D eigenvalue weighted by Crippen LogP contribution is 2.25. The Morgan fingerprint density at radius 1 is 1.22 bits per heavy atom. The third-order valence-electron chi connectivity index (χ3n) is 3.07. The molecule has 2 aromatic rings. The highest BCUT2D eigenvalue weighted by molar-refractivity contribution is 7.91. The van der Waals surface area contributed by atoms with Crippen molar-refractivity contribution in [3.05, 3.63) is 42.1 Å². The molecule has 0 aliphatic rings. The summed E-state index contributed by atoms with van der Waals surface area (Å²) in [5.74, 6) is 0.0873. The molecule has 0 bridgehead atoms. The van der Waals surface area contributed by atoms with Crippen LogP contribution in [0.4, 0.5) is 5.69 Å². The van der Waals surface area contributed by atoms with Gasteiger partial charge in [0.15, 0.2) is 14.9 Å². The molecule has 122 valence electrons. The number of rotatable bonds is 5. The van der Waals surface area contributed by atoms with Gasteiger partial charge in [0.25, 0.3) is 0 Å². The van der Waals surface area contributed by atoms with Crippen molar-refractivity contribution in [1.82, 2.24) is 4.98 Å². The second kappa shape index (κ2) is 6.66. The molecule has 1 aromatic heterocycles. The summed E-state index contributed by atoms with van der Waals surface area (Å²) in [7, 11) is -2.10. The number of nitrogens with zero attached hydrogens (tertiary/aromatic N) is 1. The lowest BCUT2D eigenvalue weighted by atomic mass is 10.2. The quantitative estimate of drug-likeness (QED) is 0.657. The number of carbonyl (C=O) groups is 1. The first kappa shape index (κ1) is 16.8. The van der Waals surface area contributed by atoms with Crippen molar-refractivity contribution in [3.8, 4) is 11.5 Å². The predicted octanol–water partition coefficient (Wildman–Crippen LogP) is 2.04. The summed E-state index contributed by atoms with van der Waals surface area (Å²) in [5, 5.41) is -0.0140. The van der Waals surface area contributed by atoms with E-state index < -0.39 is 15.8 Å². The lowest BCUT2D eigenvalue weighted by Crippen LogP contribution is -2.06. The maximum Gasteiger partial charge on any atom is 0.340 e. The minimum Gasteiger partial charge on any atom is -0.465 e. The van der Waals surface area contributed by atoms with Crippen LogP contribution in [-0.4, -0.2) is 32.2 Å². The molecule has 0 fully saturated rings. The molecule has 0 saturated heterocycles. The Morgan fingerprint density at radius 2 is 1.91 bits per heavy atom. The molecule has 0 spiro atoms. The van der Waals surface area contributed by atoms with Crippen LogP contribution in [-0.2, 0) is 14.6 Å². The number of hydrogen-bond donors (Lipinski definition) is 1. The average molecular weight is 336 g/mol. The summed E-state index contributed by atoms with van der Waals surface area (Å²) in [6.07, 6.45) is 1.30. The van der Waals surface area contributed by atoms with E-state index >= 15 is 0 Å². The highest BCUT2D eigenvalue weighted by Gasteiger charge is 2.14. The van der Waals surface area contributed by atoms with Crippen LogP contribution in [0, 0.1) is 0 Å². The van der Waals surface area contributed by atoms with E-state index in [1.165, 1.54) is 37.6 Å². The number of hydrogen-bond acceptors (Lipinski definition) is 7. The summed E-state index contributed by atoms with van der Waals surface area (Å²) in [5.41, 5.74) is 6.16. The molecule has 7 nitrogen and oxygen atoms in total. The molecule has 2 rings (SSSR count). The first-order chi connectivity index (χ1) is 10.9. The van der Waals surface area contributed by atoms with Gasteiger partial charge in [-0.15, -0.1) is 0 Å². The Hall–Kier alpha value is -2.61. The van der Waals surface area contributed by atoms with Gasteiger partial charge >= 0.3 is 5.97 Å². The average Bonchev–Trinajstić information content (AvgIpc) is 2.56. The van der Waals surface area contributed by atoms with E-state index in [9.17, 15) is 13.2 Å². The van der Waals surface area contributed by atoms with Crippen molar-refractivity contribution >= 4 is 21.5 Å². The topological polar surface area (TPSA) is 109 Å². The molecular formula is C15H16N2O5S. The van der Waals surface area contributed by atoms with Crippen LogP contribution in [0.15, 0.2) is 41.6 Å². The highest BCUT2D eigenvalue weighted by atomic mass is 32.2. The molecule has 8 heteroatoms. The fraction of sp³-hybridized carbons (Fsp3) is 0.200. The van der Waals surface area contributed by atoms with Crippen LogP contribution in [0.5, 0.6) is 11.5 Å². The molecule has 2 N–H and O–H groups in total. The monoisotopic (exact) mass is 336 g/mol. The van der Waals surface area contributed by atoms with Crippen LogP contribution in [0.25, 0.3) is 0 Å². The van der Waals surface area contributed by atoms with Crippen LogP contribution < -0.4 is 10.5 Å². The minimum absolute atomic E-state index is 0.0140. The summed E-state index contributed by atoms with van der Waals surface area (Å²) in [4.78, 5) is 15.5. The van der Waals surface area contributed by atoms with Crippen molar-refractivity contribution in [3.63, 3.8) is 0 Å². The molecular weight excluding hydrogens is 320 g/mol. The number of nitrogens with two attached hydrogens (primary N) is 1. The number of benzene rings is 1. The third-order valence-corrected chi connectivity index (χ3v) is 4.71. The SMILES string of the molecule is CCS(=O)(=O)c1ccc(Oc2ccc(N)c(C(=O)OC)c2)cn1. The maximum absolute atomic E-state index is 11.7. The number of carbonyl (C=O) groups excluding carboxylic acids is 1. The second-order valence-corrected chi connectivity index (χ2v) is 6.80. The summed E-state index contributed by atoms with van der Waals surface area (Å²) in [6.45, 7) is 1.55. The van der Waals surface area contributed by atoms with Gasteiger partial charge in [0.05, 0.1) is 24.6 Å². The summed E-state index contributed by atoms with van der Waals surface area (Å²) < 4.78 is 33.6. The van der Waals surface area contributed by atoms with E-state index in [0.717, 1.165) is 0 Å². The number of pyridine rings is 1. The molecule has 0 atom stereocenters. The lowest BCUT2D eigenvalue weighted by Gasteiger charge is -2.09. The van der Waals surface area contributed by atoms with Crippen molar-refractivity contribution in [2.75, 3.05) is 18.6 Å². The Kier molecular flexibility index (Phi) is 4.85. The molecule has 0 aliphatic heterocycles. The Morgan fingerprint density at radius 3 is 2.48 bits per heavy atom. The zero-order valence-electron chi connectivity index (χ0n) is 12.6. The Labute approximate surface area is 134 Å². The largest absolute Gasteiger partial charge is 0.465 e. The van der Waals surface area contributed by atoms with Gasteiger partial charge in [0.1, 0.15) is 11.5 Å². The van der Waals surface area contributed by atoms with Crippen molar-refractivity contribution in [2.45, 2.75) is 11.9 Å². The van der Waals surface area contributed by atoms with Gasteiger partial charge in [-0.3, -0.25) is 0 Å². The molecule has 0 unspecified atom stereocenters. The van der Waals surface area contributed by atoms with Crippen LogP contribution in [0.2, 0.25) is 0 Å². The zero-order valence-corrected chi connectivity index (χ0v) is 13.5. The number of anilines is 1. The summed E-state index contributed by atoms with van der Waals surface area (Å²) in [6, 6.07) is 7.40. The van der Waals surface area contributed by atoms with Gasteiger partial charge in [-0.1, -0.05) is 6.92 Å². The van der Waals surface area contributed by atoms with Gasteiger partial charge in [-0.05, 0) is 30.3 Å². The van der Waals surface area contributed by atoms with Crippen LogP contribution >= 0.6 is 0 Å². The van der Waals surface area contributed by atoms with Crippen molar-refractivity contribution in [1.29, 1.82) is 0 Å². The lowest BCUT2D eigenvalue weighted by molar-refractivity contribution is 0.0601. The number of methoxy groups -OCH3 is 1. The molecule has 0 saturated carbocycles. The van der Waals surface area contributed by atoms with Crippen molar-refractivity contribution < 1.29 is 22.7 Å². The van der Waals surface area contributed by atoms with E-state index in [1.54, 1.807) is 13.0 Å². The van der Waals surface area contributed by atoms with Crippen LogP contribution in [0.1, 0.15) is 17.3 Å². The van der Waals surface area contributed by atoms with E-state index in [0.29, 0.717) is 11.5 Å². The van der Waals surface area contributed by atoms with Gasteiger partial charge in [0.2, 0.25) is 0 Å². The van der Waals surface area contributed by atoms with Crippen molar-refractivity contribution in [2.24, 2.45) is 0 Å². The van der Waals surface area contributed by atoms with E-state index in [4.69, 9.17) is 10.5 Å². The number of nitrogen functional groups attached to an aromatic ring is 1. The van der Waals surface area contributed by atoms with E-state index in [1.807, 2.05) is 0 Å². The number of esters is 1. The molecule has 0 radical (unpaired) electrons. The molecule has 1 heterocycles. The molecule has 23 heavy (non-hydrogen) atoms. The molecule has 0 aliphatic carbocycles. The Bertz CT molecular complexity index is 816. The first-order valence-corrected chi connectivity index (χ1v) is 8.37. The van der Waals surface area contributed by atoms with Gasteiger partial charge < -0.3 is 15.2 Å². The minimum atomic E-state index is -3.36. The fourth-order valence-electron chi connectivity index (χ4n) is 1.78. The fourth-order valence-corrected chi connectivity index (χ4v) is 2.57. The summed E-state index contributed by atoms with van der Waals surface area (Å²) >= 11 is 0. The van der Waals surface area contributed by atoms with Gasteiger partial charge in [-0.25, -0.2) is 18.2 Å². The Balaban J connectivity index is 2.25. The van der Waals surface area contributed by atoms with Gasteiger partial charge in [-0.2, -0.15) is 0 Å². The zero-order chi connectivity index (χ0) is 17.0. The molecule has 0 amide bonds. The normalized spacial score (nSPS) is 11.0. The number of ether oxygens (including phenoxy) is 2. The second-order valence-electron chi connectivity index (χ2n) is 4.58. The maximum atomic E-state index is 11.7. The third kappa shape index (κ3) is 3.78. The van der Waals surface area contributed by atoms with Crippen LogP contribution in [0.3, 0.4) is 0 Å². The van der Waals surface area contributed by atoms with Gasteiger partial charge in [0, 0.05) is 5.69 Å². The number of aromatic nitrogens is 1. The van der Waals surface area contributed by atoms with E-state index in [2.05, 4.69) is 9.72 Å². The van der Waals surface area contributed by atoms with E-state index in [-0.39, 0.29) is 22.0 Å².